The van der Waals surface area contributed by atoms with Crippen LogP contribution in [0.2, 0.25) is 0 Å². The van der Waals surface area contributed by atoms with Gasteiger partial charge in [-0.2, -0.15) is 0 Å². The highest BCUT2D eigenvalue weighted by Gasteiger charge is 2.33. The van der Waals surface area contributed by atoms with Crippen molar-refractivity contribution in [3.8, 4) is 0 Å². The molecule has 0 bridgehead atoms. The largest absolute Gasteiger partial charge is 0.342 e. The first-order valence-electron chi connectivity index (χ1n) is 11.5. The zero-order valence-corrected chi connectivity index (χ0v) is 19.2. The number of nitrogens with zero attached hydrogens (tertiary/aromatic N) is 1. The van der Waals surface area contributed by atoms with E-state index in [1.165, 1.54) is 0 Å². The average Bonchev–Trinajstić information content (AvgIpc) is 3.18. The van der Waals surface area contributed by atoms with Crippen molar-refractivity contribution in [2.45, 2.75) is 52.4 Å². The second-order valence-electron chi connectivity index (χ2n) is 8.51. The maximum Gasteiger partial charge on any atom is 0.255 e. The number of rotatable bonds is 9. The fourth-order valence-electron chi connectivity index (χ4n) is 3.92. The summed E-state index contributed by atoms with van der Waals surface area (Å²) in [5.74, 6) is -0.282. The number of likely N-dealkylation sites (tertiary alicyclic amines) is 1. The monoisotopic (exact) mass is 435 g/mol. The van der Waals surface area contributed by atoms with Crippen molar-refractivity contribution in [1.29, 1.82) is 0 Å². The smallest absolute Gasteiger partial charge is 0.255 e. The van der Waals surface area contributed by atoms with E-state index in [0.29, 0.717) is 30.3 Å². The van der Waals surface area contributed by atoms with Crippen molar-refractivity contribution < 1.29 is 14.4 Å². The third-order valence-electron chi connectivity index (χ3n) is 6.13. The quantitative estimate of drug-likeness (QED) is 0.579. The molecule has 2 N–H and O–H groups in total. The lowest BCUT2D eigenvalue weighted by Crippen LogP contribution is -2.29. The Balaban J connectivity index is 1.59. The third kappa shape index (κ3) is 5.75. The minimum atomic E-state index is -0.334. The van der Waals surface area contributed by atoms with E-state index in [-0.39, 0.29) is 30.1 Å². The van der Waals surface area contributed by atoms with E-state index < -0.39 is 0 Å². The number of amides is 3. The molecule has 0 aromatic heterocycles. The highest BCUT2D eigenvalue weighted by atomic mass is 16.2. The fourth-order valence-corrected chi connectivity index (χ4v) is 3.92. The lowest BCUT2D eigenvalue weighted by molar-refractivity contribution is -0.128. The number of para-hydroxylation sites is 1. The van der Waals surface area contributed by atoms with Gasteiger partial charge in [0.05, 0.1) is 5.92 Å². The summed E-state index contributed by atoms with van der Waals surface area (Å²) < 4.78 is 0. The van der Waals surface area contributed by atoms with E-state index >= 15 is 0 Å². The molecule has 6 heteroatoms. The summed E-state index contributed by atoms with van der Waals surface area (Å²) in [5, 5.41) is 5.88. The summed E-state index contributed by atoms with van der Waals surface area (Å²) in [6, 6.07) is 14.7. The first-order chi connectivity index (χ1) is 15.4. The standard InChI is InChI=1S/C26H33N3O3/c1-4-6-15-29-17-20(16-24(29)30)26(32)27-21-13-11-19(12-14-21)25(31)28-23-10-8-7-9-22(23)18(3)5-2/h7-14,18,20H,4-6,15-17H2,1-3H3,(H,27,32)(H,28,31). The number of carbonyl (C=O) groups excluding carboxylic acids is 3. The molecule has 6 nitrogen and oxygen atoms in total. The van der Waals surface area contributed by atoms with E-state index in [4.69, 9.17) is 0 Å². The zero-order chi connectivity index (χ0) is 23.1. The Morgan fingerprint density at radius 3 is 2.47 bits per heavy atom. The molecule has 1 aliphatic heterocycles. The van der Waals surface area contributed by atoms with Crippen molar-refractivity contribution in [2.75, 3.05) is 23.7 Å². The Morgan fingerprint density at radius 2 is 1.78 bits per heavy atom. The van der Waals surface area contributed by atoms with Gasteiger partial charge >= 0.3 is 0 Å². The van der Waals surface area contributed by atoms with Crippen LogP contribution in [0.25, 0.3) is 0 Å². The van der Waals surface area contributed by atoms with Crippen LogP contribution in [0, 0.1) is 5.92 Å². The highest BCUT2D eigenvalue weighted by molar-refractivity contribution is 6.05. The predicted molar refractivity (Wildman–Crippen MR) is 128 cm³/mol. The van der Waals surface area contributed by atoms with Crippen LogP contribution < -0.4 is 10.6 Å². The number of carbonyl (C=O) groups is 3. The van der Waals surface area contributed by atoms with Crippen LogP contribution in [0.3, 0.4) is 0 Å². The van der Waals surface area contributed by atoms with E-state index in [2.05, 4.69) is 31.4 Å². The van der Waals surface area contributed by atoms with Crippen LogP contribution in [-0.2, 0) is 9.59 Å². The Morgan fingerprint density at radius 1 is 1.06 bits per heavy atom. The molecule has 1 heterocycles. The van der Waals surface area contributed by atoms with Crippen molar-refractivity contribution in [3.63, 3.8) is 0 Å². The number of nitrogens with one attached hydrogen (secondary N) is 2. The van der Waals surface area contributed by atoms with Gasteiger partial charge in [0.1, 0.15) is 0 Å². The average molecular weight is 436 g/mol. The van der Waals surface area contributed by atoms with Gasteiger partial charge in [0.15, 0.2) is 0 Å². The van der Waals surface area contributed by atoms with E-state index in [1.54, 1.807) is 29.2 Å². The van der Waals surface area contributed by atoms with Crippen molar-refractivity contribution in [1.82, 2.24) is 4.90 Å². The van der Waals surface area contributed by atoms with Crippen LogP contribution >= 0.6 is 0 Å². The second kappa shape index (κ2) is 10.9. The molecule has 0 saturated carbocycles. The van der Waals surface area contributed by atoms with Gasteiger partial charge in [-0.3, -0.25) is 14.4 Å². The van der Waals surface area contributed by atoms with Gasteiger partial charge in [-0.05, 0) is 54.7 Å². The predicted octanol–water partition coefficient (Wildman–Crippen LogP) is 5.04. The Bertz CT molecular complexity index is 955. The Labute approximate surface area is 190 Å². The SMILES string of the molecule is CCCCN1CC(C(=O)Nc2ccc(C(=O)Nc3ccccc3C(C)CC)cc2)CC1=O. The first kappa shape index (κ1) is 23.5. The Hall–Kier alpha value is -3.15. The summed E-state index contributed by atoms with van der Waals surface area (Å²) in [7, 11) is 0. The molecule has 0 radical (unpaired) electrons. The van der Waals surface area contributed by atoms with Crippen molar-refractivity contribution in [3.05, 3.63) is 59.7 Å². The molecule has 170 valence electrons. The first-order valence-corrected chi connectivity index (χ1v) is 11.5. The van der Waals surface area contributed by atoms with Gasteiger partial charge in [0.2, 0.25) is 11.8 Å². The molecule has 2 unspecified atom stereocenters. The summed E-state index contributed by atoms with van der Waals surface area (Å²) in [4.78, 5) is 39.2. The molecule has 32 heavy (non-hydrogen) atoms. The highest BCUT2D eigenvalue weighted by Crippen LogP contribution is 2.27. The van der Waals surface area contributed by atoms with Crippen LogP contribution in [0.5, 0.6) is 0 Å². The fraction of sp³-hybridized carbons (Fsp3) is 0.423. The van der Waals surface area contributed by atoms with Crippen LogP contribution in [0.1, 0.15) is 68.3 Å². The van der Waals surface area contributed by atoms with Gasteiger partial charge in [0, 0.05) is 36.4 Å². The maximum atomic E-state index is 12.7. The molecule has 2 aromatic rings. The van der Waals surface area contributed by atoms with Crippen LogP contribution in [-0.4, -0.2) is 35.7 Å². The minimum absolute atomic E-state index is 0.0447. The van der Waals surface area contributed by atoms with Gasteiger partial charge in [0.25, 0.3) is 5.91 Å². The maximum absolute atomic E-state index is 12.7. The van der Waals surface area contributed by atoms with E-state index in [9.17, 15) is 14.4 Å². The molecule has 3 rings (SSSR count). The molecule has 2 aromatic carbocycles. The summed E-state index contributed by atoms with van der Waals surface area (Å²) in [6.07, 6.45) is 3.21. The van der Waals surface area contributed by atoms with Gasteiger partial charge in [-0.15, -0.1) is 0 Å². The number of hydrogen-bond donors (Lipinski definition) is 2. The normalized spacial score (nSPS) is 16.7. The number of hydrogen-bond acceptors (Lipinski definition) is 3. The lowest BCUT2D eigenvalue weighted by Gasteiger charge is -2.16. The molecule has 0 aliphatic carbocycles. The molecule has 1 saturated heterocycles. The summed E-state index contributed by atoms with van der Waals surface area (Å²) in [6.45, 7) is 7.53. The summed E-state index contributed by atoms with van der Waals surface area (Å²) in [5.41, 5.74) is 3.07. The molecule has 1 aliphatic rings. The summed E-state index contributed by atoms with van der Waals surface area (Å²) >= 11 is 0. The molecular weight excluding hydrogens is 402 g/mol. The van der Waals surface area contributed by atoms with Crippen LogP contribution in [0.4, 0.5) is 11.4 Å². The number of anilines is 2. The van der Waals surface area contributed by atoms with E-state index in [0.717, 1.165) is 30.5 Å². The number of benzene rings is 2. The zero-order valence-electron chi connectivity index (χ0n) is 19.2. The lowest BCUT2D eigenvalue weighted by atomic mass is 9.97. The van der Waals surface area contributed by atoms with Gasteiger partial charge in [-0.25, -0.2) is 0 Å². The Kier molecular flexibility index (Phi) is 8.03. The van der Waals surface area contributed by atoms with Crippen LogP contribution in [0.15, 0.2) is 48.5 Å². The van der Waals surface area contributed by atoms with Crippen molar-refractivity contribution in [2.24, 2.45) is 5.92 Å². The topological polar surface area (TPSA) is 78.5 Å². The third-order valence-corrected chi connectivity index (χ3v) is 6.13. The second-order valence-corrected chi connectivity index (χ2v) is 8.51. The van der Waals surface area contributed by atoms with Crippen molar-refractivity contribution >= 4 is 29.1 Å². The number of unbranched alkanes of at least 4 members (excludes halogenated alkanes) is 1. The van der Waals surface area contributed by atoms with Gasteiger partial charge < -0.3 is 15.5 Å². The molecule has 2 atom stereocenters. The van der Waals surface area contributed by atoms with Gasteiger partial charge in [-0.1, -0.05) is 45.4 Å². The molecule has 3 amide bonds. The minimum Gasteiger partial charge on any atom is -0.342 e. The van der Waals surface area contributed by atoms with E-state index in [1.807, 2.05) is 24.3 Å². The molecule has 1 fully saturated rings. The molecular formula is C26H33N3O3. The molecule has 0 spiro atoms.